The SMILES string of the molecule is COc1c(-c2cc(C(=O)O)on2)cc(C)cc1C(F)F. The Labute approximate surface area is 112 Å². The van der Waals surface area contributed by atoms with Gasteiger partial charge in [-0.3, -0.25) is 0 Å². The van der Waals surface area contributed by atoms with Crippen LogP contribution in [-0.4, -0.2) is 23.3 Å². The molecule has 7 heteroatoms. The maximum absolute atomic E-state index is 13.0. The molecule has 1 aromatic heterocycles. The van der Waals surface area contributed by atoms with Crippen molar-refractivity contribution in [1.29, 1.82) is 0 Å². The highest BCUT2D eigenvalue weighted by Crippen LogP contribution is 2.38. The number of aromatic carboxylic acids is 1. The lowest BCUT2D eigenvalue weighted by Crippen LogP contribution is -1.97. The first kappa shape index (κ1) is 14.0. The van der Waals surface area contributed by atoms with Gasteiger partial charge in [0.15, 0.2) is 0 Å². The molecule has 1 heterocycles. The summed E-state index contributed by atoms with van der Waals surface area (Å²) in [4.78, 5) is 10.8. The highest BCUT2D eigenvalue weighted by Gasteiger charge is 2.22. The van der Waals surface area contributed by atoms with Crippen LogP contribution in [0.4, 0.5) is 8.78 Å². The van der Waals surface area contributed by atoms with Crippen molar-refractivity contribution in [2.24, 2.45) is 0 Å². The number of hydrogen-bond acceptors (Lipinski definition) is 4. The number of rotatable bonds is 4. The summed E-state index contributed by atoms with van der Waals surface area (Å²) in [5, 5.41) is 12.4. The number of carboxylic acid groups (broad SMARTS) is 1. The van der Waals surface area contributed by atoms with Gasteiger partial charge >= 0.3 is 5.97 Å². The van der Waals surface area contributed by atoms with Gasteiger partial charge in [0.05, 0.1) is 12.7 Å². The topological polar surface area (TPSA) is 72.6 Å². The molecule has 20 heavy (non-hydrogen) atoms. The van der Waals surface area contributed by atoms with Gasteiger partial charge in [-0.25, -0.2) is 13.6 Å². The van der Waals surface area contributed by atoms with Gasteiger partial charge in [0, 0.05) is 11.6 Å². The first-order valence-electron chi connectivity index (χ1n) is 5.61. The van der Waals surface area contributed by atoms with Gasteiger partial charge in [-0.05, 0) is 24.6 Å². The number of benzene rings is 1. The van der Waals surface area contributed by atoms with Gasteiger partial charge in [0.25, 0.3) is 6.43 Å². The summed E-state index contributed by atoms with van der Waals surface area (Å²) in [6.07, 6.45) is -2.71. The number of methoxy groups -OCH3 is 1. The Morgan fingerprint density at radius 2 is 2.10 bits per heavy atom. The second kappa shape index (κ2) is 5.28. The molecule has 0 radical (unpaired) electrons. The third kappa shape index (κ3) is 2.47. The second-order valence-corrected chi connectivity index (χ2v) is 4.12. The van der Waals surface area contributed by atoms with E-state index < -0.39 is 12.4 Å². The molecule has 1 aromatic carbocycles. The highest BCUT2D eigenvalue weighted by molar-refractivity contribution is 5.86. The minimum absolute atomic E-state index is 0.0455. The zero-order valence-corrected chi connectivity index (χ0v) is 10.7. The van der Waals surface area contributed by atoms with E-state index in [1.54, 1.807) is 13.0 Å². The molecule has 0 aliphatic rings. The number of carbonyl (C=O) groups is 1. The lowest BCUT2D eigenvalue weighted by molar-refractivity contribution is 0.0652. The molecule has 0 amide bonds. The zero-order chi connectivity index (χ0) is 14.9. The molecular weight excluding hydrogens is 272 g/mol. The average Bonchev–Trinajstić information content (AvgIpc) is 2.87. The molecule has 1 N–H and O–H groups in total. The van der Waals surface area contributed by atoms with E-state index in [4.69, 9.17) is 9.84 Å². The predicted molar refractivity (Wildman–Crippen MR) is 65.1 cm³/mol. The van der Waals surface area contributed by atoms with Gasteiger partial charge in [-0.2, -0.15) is 0 Å². The van der Waals surface area contributed by atoms with Crippen molar-refractivity contribution in [3.05, 3.63) is 35.1 Å². The van der Waals surface area contributed by atoms with E-state index >= 15 is 0 Å². The summed E-state index contributed by atoms with van der Waals surface area (Å²) in [7, 11) is 1.26. The molecule has 5 nitrogen and oxygen atoms in total. The lowest BCUT2D eigenvalue weighted by atomic mass is 10.0. The zero-order valence-electron chi connectivity index (χ0n) is 10.7. The molecule has 0 atom stereocenters. The summed E-state index contributed by atoms with van der Waals surface area (Å²) in [6, 6.07) is 4.05. The van der Waals surface area contributed by atoms with Crippen LogP contribution < -0.4 is 4.74 Å². The van der Waals surface area contributed by atoms with E-state index in [0.717, 1.165) is 6.07 Å². The molecule has 2 aromatic rings. The van der Waals surface area contributed by atoms with Crippen molar-refractivity contribution in [2.75, 3.05) is 7.11 Å². The number of aromatic nitrogens is 1. The van der Waals surface area contributed by atoms with Gasteiger partial charge in [-0.15, -0.1) is 0 Å². The normalized spacial score (nSPS) is 10.8. The minimum Gasteiger partial charge on any atom is -0.496 e. The number of aryl methyl sites for hydroxylation is 1. The second-order valence-electron chi connectivity index (χ2n) is 4.12. The maximum atomic E-state index is 13.0. The van der Waals surface area contributed by atoms with Crippen molar-refractivity contribution in [3.63, 3.8) is 0 Å². The Morgan fingerprint density at radius 1 is 1.40 bits per heavy atom. The molecule has 106 valence electrons. The predicted octanol–water partition coefficient (Wildman–Crippen LogP) is 3.29. The van der Waals surface area contributed by atoms with Crippen LogP contribution in [0.2, 0.25) is 0 Å². The standard InChI is InChI=1S/C13H11F2NO4/c1-6-3-7(9-5-10(13(17)18)20-16-9)11(19-2)8(4-6)12(14)15/h3-5,12H,1-2H3,(H,17,18). The third-order valence-corrected chi connectivity index (χ3v) is 2.70. The molecule has 0 spiro atoms. The quantitative estimate of drug-likeness (QED) is 0.932. The molecular formula is C13H11F2NO4. The number of carboxylic acids is 1. The van der Waals surface area contributed by atoms with Gasteiger partial charge in [0.2, 0.25) is 5.76 Å². The molecule has 0 saturated heterocycles. The fraction of sp³-hybridized carbons (Fsp3) is 0.231. The summed E-state index contributed by atoms with van der Waals surface area (Å²) in [5.74, 6) is -1.71. The monoisotopic (exact) mass is 283 g/mol. The molecule has 0 unspecified atom stereocenters. The summed E-state index contributed by atoms with van der Waals surface area (Å²) in [6.45, 7) is 1.65. The van der Waals surface area contributed by atoms with Crippen LogP contribution >= 0.6 is 0 Å². The van der Waals surface area contributed by atoms with E-state index in [9.17, 15) is 13.6 Å². The number of nitrogens with zero attached hydrogens (tertiary/aromatic N) is 1. The molecule has 2 rings (SSSR count). The molecule has 0 saturated carbocycles. The first-order valence-corrected chi connectivity index (χ1v) is 5.61. The summed E-state index contributed by atoms with van der Waals surface area (Å²) in [5.41, 5.74) is 0.697. The highest BCUT2D eigenvalue weighted by atomic mass is 19.3. The van der Waals surface area contributed by atoms with E-state index in [1.807, 2.05) is 0 Å². The van der Waals surface area contributed by atoms with Crippen LogP contribution in [0.25, 0.3) is 11.3 Å². The summed E-state index contributed by atoms with van der Waals surface area (Å²) >= 11 is 0. The lowest BCUT2D eigenvalue weighted by Gasteiger charge is -2.12. The van der Waals surface area contributed by atoms with Crippen molar-refractivity contribution in [1.82, 2.24) is 5.16 Å². The van der Waals surface area contributed by atoms with Gasteiger partial charge < -0.3 is 14.4 Å². The van der Waals surface area contributed by atoms with Crippen LogP contribution in [0.3, 0.4) is 0 Å². The fourth-order valence-electron chi connectivity index (χ4n) is 1.88. The Kier molecular flexibility index (Phi) is 3.69. The molecule has 0 bridgehead atoms. The van der Waals surface area contributed by atoms with E-state index in [-0.39, 0.29) is 28.3 Å². The average molecular weight is 283 g/mol. The number of alkyl halides is 2. The van der Waals surface area contributed by atoms with Crippen molar-refractivity contribution in [3.8, 4) is 17.0 Å². The van der Waals surface area contributed by atoms with Crippen LogP contribution in [0.5, 0.6) is 5.75 Å². The Morgan fingerprint density at radius 3 is 2.60 bits per heavy atom. The molecule has 0 aliphatic heterocycles. The number of ether oxygens (including phenoxy) is 1. The van der Waals surface area contributed by atoms with Crippen LogP contribution in [0.1, 0.15) is 28.1 Å². The van der Waals surface area contributed by atoms with Gasteiger partial charge in [-0.1, -0.05) is 5.16 Å². The Hall–Kier alpha value is -2.44. The smallest absolute Gasteiger partial charge is 0.374 e. The van der Waals surface area contributed by atoms with E-state index in [2.05, 4.69) is 9.68 Å². The Bertz CT molecular complexity index is 652. The molecule has 0 fully saturated rings. The Balaban J connectivity index is 2.62. The van der Waals surface area contributed by atoms with Crippen molar-refractivity contribution < 1.29 is 27.9 Å². The number of hydrogen-bond donors (Lipinski definition) is 1. The van der Waals surface area contributed by atoms with Gasteiger partial charge in [0.1, 0.15) is 11.4 Å². The number of halogens is 2. The van der Waals surface area contributed by atoms with E-state index in [0.29, 0.717) is 5.56 Å². The first-order chi connectivity index (χ1) is 9.43. The molecule has 0 aliphatic carbocycles. The van der Waals surface area contributed by atoms with Crippen LogP contribution in [0, 0.1) is 6.92 Å². The summed E-state index contributed by atoms with van der Waals surface area (Å²) < 4.78 is 35.6. The fourth-order valence-corrected chi connectivity index (χ4v) is 1.88. The largest absolute Gasteiger partial charge is 0.496 e. The third-order valence-electron chi connectivity index (χ3n) is 2.70. The van der Waals surface area contributed by atoms with Crippen LogP contribution in [-0.2, 0) is 0 Å². The van der Waals surface area contributed by atoms with E-state index in [1.165, 1.54) is 13.2 Å². The maximum Gasteiger partial charge on any atom is 0.374 e. The van der Waals surface area contributed by atoms with Crippen LogP contribution in [0.15, 0.2) is 22.7 Å². The van der Waals surface area contributed by atoms with Crippen molar-refractivity contribution >= 4 is 5.97 Å². The van der Waals surface area contributed by atoms with Crippen molar-refractivity contribution in [2.45, 2.75) is 13.3 Å². The minimum atomic E-state index is -2.71.